The molecular formula is C34H40ClN7. The zero-order valence-corrected chi connectivity index (χ0v) is 24.9. The predicted octanol–water partition coefficient (Wildman–Crippen LogP) is 6.48. The Morgan fingerprint density at radius 2 is 1.69 bits per heavy atom. The molecule has 0 amide bonds. The smallest absolute Gasteiger partial charge is 0.224 e. The third-order valence-corrected chi connectivity index (χ3v) is 10.7. The first-order valence-electron chi connectivity index (χ1n) is 15.6. The number of aromatic nitrogens is 2. The standard InChI is InChI=1S/C34H40ClN7/c35-30-9-5-4-6-24(30)20-37-33-38-21-27(19-36)32(41-33)39-22-34-16-23-14-25(17-34)31(26(15-23)18-34)40-28-10-12-42(13-11-28)29-7-2-1-3-8-29/h1-9,21,23,25-26,28,31,40H,10-18,20,22H2,(H2,37,38,39,41)/t23?,25-,26+,31?,34?. The number of nitriles is 1. The predicted molar refractivity (Wildman–Crippen MR) is 169 cm³/mol. The number of hydrogen-bond donors (Lipinski definition) is 3. The van der Waals surface area contributed by atoms with E-state index in [0.29, 0.717) is 41.0 Å². The minimum atomic E-state index is 0.286. The van der Waals surface area contributed by atoms with Crippen molar-refractivity contribution < 1.29 is 0 Å². The Morgan fingerprint density at radius 3 is 2.43 bits per heavy atom. The summed E-state index contributed by atoms with van der Waals surface area (Å²) >= 11 is 6.32. The van der Waals surface area contributed by atoms with E-state index in [1.54, 1.807) is 6.20 Å². The quantitative estimate of drug-likeness (QED) is 0.266. The van der Waals surface area contributed by atoms with Gasteiger partial charge in [-0.1, -0.05) is 48.0 Å². The lowest BCUT2D eigenvalue weighted by molar-refractivity contribution is -0.0725. The molecule has 8 heteroatoms. The summed E-state index contributed by atoms with van der Waals surface area (Å²) in [4.78, 5) is 11.6. The second kappa shape index (κ2) is 11.7. The summed E-state index contributed by atoms with van der Waals surface area (Å²) < 4.78 is 0. The Labute approximate surface area is 254 Å². The first-order valence-corrected chi connectivity index (χ1v) is 16.0. The van der Waals surface area contributed by atoms with Crippen LogP contribution in [0.5, 0.6) is 0 Å². The van der Waals surface area contributed by atoms with Gasteiger partial charge in [-0.3, -0.25) is 0 Å². The topological polar surface area (TPSA) is 88.9 Å². The maximum Gasteiger partial charge on any atom is 0.224 e. The van der Waals surface area contributed by atoms with Crippen LogP contribution in [0.3, 0.4) is 0 Å². The van der Waals surface area contributed by atoms with E-state index >= 15 is 0 Å². The molecule has 0 spiro atoms. The molecule has 5 fully saturated rings. The van der Waals surface area contributed by atoms with E-state index < -0.39 is 0 Å². The highest BCUT2D eigenvalue weighted by atomic mass is 35.5. The summed E-state index contributed by atoms with van der Waals surface area (Å²) in [6, 6.07) is 22.2. The summed E-state index contributed by atoms with van der Waals surface area (Å²) in [6.07, 6.45) is 10.6. The molecule has 1 saturated heterocycles. The number of rotatable bonds is 9. The SMILES string of the molecule is N#Cc1cnc(NCc2ccccc2Cl)nc1NCC12CC3C[C@H](C1)C(NC1CCN(c4ccccc4)CC1)[C@@H](C3)C2. The van der Waals surface area contributed by atoms with E-state index in [1.807, 2.05) is 24.3 Å². The van der Waals surface area contributed by atoms with Gasteiger partial charge in [-0.15, -0.1) is 0 Å². The lowest BCUT2D eigenvalue weighted by Crippen LogP contribution is -2.61. The van der Waals surface area contributed by atoms with Crippen LogP contribution in [0.2, 0.25) is 5.02 Å². The number of nitrogens with zero attached hydrogens (tertiary/aromatic N) is 4. The molecule has 5 atom stereocenters. The highest BCUT2D eigenvalue weighted by molar-refractivity contribution is 6.31. The fraction of sp³-hybridized carbons (Fsp3) is 0.500. The van der Waals surface area contributed by atoms with Crippen molar-refractivity contribution in [3.63, 3.8) is 0 Å². The molecule has 0 radical (unpaired) electrons. The molecule has 3 N–H and O–H groups in total. The van der Waals surface area contributed by atoms with Crippen molar-refractivity contribution in [1.82, 2.24) is 15.3 Å². The maximum atomic E-state index is 9.77. The molecule has 4 bridgehead atoms. The van der Waals surface area contributed by atoms with Gasteiger partial charge in [-0.25, -0.2) is 4.98 Å². The van der Waals surface area contributed by atoms with Crippen LogP contribution in [-0.2, 0) is 6.54 Å². The molecule has 1 aromatic heterocycles. The molecule has 3 aromatic rings. The summed E-state index contributed by atoms with van der Waals surface area (Å²) in [5, 5.41) is 21.6. The van der Waals surface area contributed by atoms with Crippen LogP contribution >= 0.6 is 11.6 Å². The van der Waals surface area contributed by atoms with E-state index in [4.69, 9.17) is 16.6 Å². The first-order chi connectivity index (χ1) is 20.6. The largest absolute Gasteiger partial charge is 0.371 e. The number of benzene rings is 2. The zero-order chi connectivity index (χ0) is 28.5. The van der Waals surface area contributed by atoms with Gasteiger partial charge in [0.15, 0.2) is 0 Å². The highest BCUT2D eigenvalue weighted by Crippen LogP contribution is 2.60. The van der Waals surface area contributed by atoms with Gasteiger partial charge in [0.1, 0.15) is 17.5 Å². The molecule has 218 valence electrons. The monoisotopic (exact) mass is 581 g/mol. The van der Waals surface area contributed by atoms with E-state index in [9.17, 15) is 5.26 Å². The van der Waals surface area contributed by atoms with Crippen LogP contribution in [0.15, 0.2) is 60.8 Å². The molecule has 1 aliphatic heterocycles. The van der Waals surface area contributed by atoms with E-state index in [0.717, 1.165) is 43.0 Å². The maximum absolute atomic E-state index is 9.77. The zero-order valence-electron chi connectivity index (χ0n) is 24.1. The van der Waals surface area contributed by atoms with Crippen LogP contribution < -0.4 is 20.9 Å². The molecular weight excluding hydrogens is 542 g/mol. The van der Waals surface area contributed by atoms with Crippen molar-refractivity contribution in [2.24, 2.45) is 23.2 Å². The minimum Gasteiger partial charge on any atom is -0.371 e. The van der Waals surface area contributed by atoms with Crippen molar-refractivity contribution in [3.8, 4) is 6.07 Å². The van der Waals surface area contributed by atoms with Crippen molar-refractivity contribution in [2.75, 3.05) is 35.2 Å². The second-order valence-corrected chi connectivity index (χ2v) is 13.5. The normalized spacial score (nSPS) is 28.4. The Kier molecular flexibility index (Phi) is 7.68. The third-order valence-electron chi connectivity index (χ3n) is 10.4. The average Bonchev–Trinajstić information content (AvgIpc) is 3.02. The Bertz CT molecular complexity index is 1420. The molecule has 5 aliphatic rings. The van der Waals surface area contributed by atoms with Crippen LogP contribution in [0.1, 0.15) is 56.1 Å². The number of anilines is 3. The van der Waals surface area contributed by atoms with Gasteiger partial charge in [-0.05, 0) is 91.9 Å². The Morgan fingerprint density at radius 1 is 0.952 bits per heavy atom. The van der Waals surface area contributed by atoms with Gasteiger partial charge >= 0.3 is 0 Å². The number of nitrogens with one attached hydrogen (secondary N) is 3. The van der Waals surface area contributed by atoms with Crippen LogP contribution in [0.25, 0.3) is 0 Å². The molecule has 42 heavy (non-hydrogen) atoms. The number of para-hydroxylation sites is 1. The van der Waals surface area contributed by atoms with Gasteiger partial charge in [0.05, 0.1) is 6.20 Å². The van der Waals surface area contributed by atoms with Crippen molar-refractivity contribution >= 4 is 29.1 Å². The van der Waals surface area contributed by atoms with Gasteiger partial charge in [0.25, 0.3) is 0 Å². The lowest BCUT2D eigenvalue weighted by Gasteiger charge is -2.61. The molecule has 4 aliphatic carbocycles. The Balaban J connectivity index is 0.970. The van der Waals surface area contributed by atoms with Gasteiger partial charge in [0, 0.05) is 49.0 Å². The molecule has 3 unspecified atom stereocenters. The van der Waals surface area contributed by atoms with Crippen LogP contribution in [-0.4, -0.2) is 41.7 Å². The van der Waals surface area contributed by atoms with E-state index in [-0.39, 0.29) is 5.41 Å². The fourth-order valence-corrected chi connectivity index (χ4v) is 8.87. The summed E-state index contributed by atoms with van der Waals surface area (Å²) in [6.45, 7) is 3.67. The lowest BCUT2D eigenvalue weighted by atomic mass is 9.48. The molecule has 8 rings (SSSR count). The van der Waals surface area contributed by atoms with Gasteiger partial charge in [0.2, 0.25) is 5.95 Å². The highest BCUT2D eigenvalue weighted by Gasteiger charge is 2.55. The molecule has 2 aromatic carbocycles. The first kappa shape index (κ1) is 27.5. The summed E-state index contributed by atoms with van der Waals surface area (Å²) in [5.41, 5.74) is 3.12. The van der Waals surface area contributed by atoms with E-state index in [2.05, 4.69) is 62.2 Å². The van der Waals surface area contributed by atoms with Crippen LogP contribution in [0.4, 0.5) is 17.5 Å². The fourth-order valence-electron chi connectivity index (χ4n) is 8.67. The number of hydrogen-bond acceptors (Lipinski definition) is 7. The van der Waals surface area contributed by atoms with Crippen LogP contribution in [0, 0.1) is 34.5 Å². The van der Waals surface area contributed by atoms with E-state index in [1.165, 1.54) is 50.6 Å². The van der Waals surface area contributed by atoms with Gasteiger partial charge in [-0.2, -0.15) is 10.2 Å². The second-order valence-electron chi connectivity index (χ2n) is 13.1. The van der Waals surface area contributed by atoms with Gasteiger partial charge < -0.3 is 20.9 Å². The van der Waals surface area contributed by atoms with Crippen molar-refractivity contribution in [1.29, 1.82) is 5.26 Å². The summed E-state index contributed by atoms with van der Waals surface area (Å²) in [5.74, 6) is 3.46. The average molecular weight is 582 g/mol. The Hall–Kier alpha value is -3.34. The molecule has 2 heterocycles. The number of piperidine rings is 1. The van der Waals surface area contributed by atoms with Crippen molar-refractivity contribution in [2.45, 2.75) is 63.6 Å². The third kappa shape index (κ3) is 5.67. The molecule has 4 saturated carbocycles. The minimum absolute atomic E-state index is 0.286. The number of halogens is 1. The molecule has 7 nitrogen and oxygen atoms in total. The summed E-state index contributed by atoms with van der Waals surface area (Å²) in [7, 11) is 0. The van der Waals surface area contributed by atoms with Crippen molar-refractivity contribution in [3.05, 3.63) is 76.9 Å².